The Bertz CT molecular complexity index is 467. The monoisotopic (exact) mass is 266 g/mol. The maximum atomic E-state index is 12.0. The number of nitrogens with zero attached hydrogens (tertiary/aromatic N) is 3. The first-order chi connectivity index (χ1) is 9.11. The molecule has 0 atom stereocenters. The normalized spacial score (nSPS) is 14.2. The summed E-state index contributed by atoms with van der Waals surface area (Å²) in [5.41, 5.74) is 0. The van der Waals surface area contributed by atoms with Crippen LogP contribution in [0, 0.1) is 0 Å². The molecule has 0 aliphatic heterocycles. The molecule has 7 heteroatoms. The summed E-state index contributed by atoms with van der Waals surface area (Å²) >= 11 is 0. The first-order valence-corrected chi connectivity index (χ1v) is 6.45. The van der Waals surface area contributed by atoms with Crippen LogP contribution >= 0.6 is 0 Å². The summed E-state index contributed by atoms with van der Waals surface area (Å²) in [4.78, 5) is 28.8. The summed E-state index contributed by atoms with van der Waals surface area (Å²) in [6.45, 7) is 2.40. The summed E-state index contributed by atoms with van der Waals surface area (Å²) < 4.78 is 4.81. The van der Waals surface area contributed by atoms with Crippen LogP contribution in [0.15, 0.2) is 0 Å². The summed E-state index contributed by atoms with van der Waals surface area (Å²) in [5.74, 6) is 0.776. The van der Waals surface area contributed by atoms with Gasteiger partial charge in [-0.15, -0.1) is 5.10 Å². The molecule has 0 unspecified atom stereocenters. The van der Waals surface area contributed by atoms with Gasteiger partial charge in [-0.05, 0) is 19.8 Å². The van der Waals surface area contributed by atoms with Gasteiger partial charge in [0.25, 0.3) is 5.91 Å². The van der Waals surface area contributed by atoms with E-state index < -0.39 is 0 Å². The van der Waals surface area contributed by atoms with E-state index in [1.807, 2.05) is 0 Å². The van der Waals surface area contributed by atoms with Crippen molar-refractivity contribution in [3.05, 3.63) is 11.6 Å². The van der Waals surface area contributed by atoms with E-state index in [0.29, 0.717) is 19.1 Å². The van der Waals surface area contributed by atoms with Crippen LogP contribution in [0.4, 0.5) is 0 Å². The van der Waals surface area contributed by atoms with E-state index in [2.05, 4.69) is 15.2 Å². The molecule has 104 valence electrons. The first-order valence-electron chi connectivity index (χ1n) is 6.45. The van der Waals surface area contributed by atoms with Crippen LogP contribution in [0.3, 0.4) is 0 Å². The molecule has 0 radical (unpaired) electrons. The second-order valence-electron chi connectivity index (χ2n) is 4.60. The molecule has 1 amide bonds. The third-order valence-corrected chi connectivity index (χ3v) is 2.96. The molecule has 7 nitrogen and oxygen atoms in total. The highest BCUT2D eigenvalue weighted by Gasteiger charge is 2.28. The number of nitrogens with one attached hydrogen (secondary N) is 1. The van der Waals surface area contributed by atoms with Gasteiger partial charge in [-0.25, -0.2) is 4.98 Å². The van der Waals surface area contributed by atoms with Crippen molar-refractivity contribution in [3.8, 4) is 0 Å². The number of aromatic amines is 1. The SMILES string of the molecule is CCOC(=O)CCN(C)C(=O)c1n[nH]c(C2CC2)n1. The van der Waals surface area contributed by atoms with Crippen molar-refractivity contribution in [2.45, 2.75) is 32.1 Å². The van der Waals surface area contributed by atoms with Gasteiger partial charge in [-0.3, -0.25) is 14.7 Å². The zero-order valence-electron chi connectivity index (χ0n) is 11.2. The molecule has 1 aromatic rings. The number of amides is 1. The van der Waals surface area contributed by atoms with E-state index in [1.165, 1.54) is 4.90 Å². The maximum absolute atomic E-state index is 12.0. The largest absolute Gasteiger partial charge is 0.466 e. The number of esters is 1. The fourth-order valence-electron chi connectivity index (χ4n) is 1.67. The number of hydrogen-bond acceptors (Lipinski definition) is 5. The Morgan fingerprint density at radius 2 is 2.21 bits per heavy atom. The maximum Gasteiger partial charge on any atom is 0.307 e. The number of aromatic nitrogens is 3. The predicted octanol–water partition coefficient (Wildman–Crippen LogP) is 0.707. The Labute approximate surface area is 111 Å². The van der Waals surface area contributed by atoms with Crippen LogP contribution in [0.1, 0.15) is 48.5 Å². The van der Waals surface area contributed by atoms with Crippen molar-refractivity contribution in [3.63, 3.8) is 0 Å². The molecule has 1 saturated carbocycles. The smallest absolute Gasteiger partial charge is 0.307 e. The lowest BCUT2D eigenvalue weighted by Crippen LogP contribution is -2.30. The van der Waals surface area contributed by atoms with Crippen molar-refractivity contribution < 1.29 is 14.3 Å². The average molecular weight is 266 g/mol. The topological polar surface area (TPSA) is 88.2 Å². The van der Waals surface area contributed by atoms with Gasteiger partial charge in [0.05, 0.1) is 13.0 Å². The minimum atomic E-state index is -0.309. The van der Waals surface area contributed by atoms with E-state index in [1.54, 1.807) is 14.0 Å². The van der Waals surface area contributed by atoms with Gasteiger partial charge >= 0.3 is 5.97 Å². The van der Waals surface area contributed by atoms with E-state index in [4.69, 9.17) is 4.74 Å². The fourth-order valence-corrected chi connectivity index (χ4v) is 1.67. The lowest BCUT2D eigenvalue weighted by atomic mass is 10.3. The molecule has 0 aromatic carbocycles. The van der Waals surface area contributed by atoms with Crippen molar-refractivity contribution in [2.75, 3.05) is 20.2 Å². The van der Waals surface area contributed by atoms with Crippen LogP contribution in [-0.2, 0) is 9.53 Å². The summed E-state index contributed by atoms with van der Waals surface area (Å²) in [7, 11) is 1.62. The Morgan fingerprint density at radius 3 is 2.84 bits per heavy atom. The van der Waals surface area contributed by atoms with Crippen molar-refractivity contribution in [1.29, 1.82) is 0 Å². The fraction of sp³-hybridized carbons (Fsp3) is 0.667. The zero-order chi connectivity index (χ0) is 13.8. The van der Waals surface area contributed by atoms with Crippen molar-refractivity contribution in [2.24, 2.45) is 0 Å². The van der Waals surface area contributed by atoms with Crippen LogP contribution in [0.5, 0.6) is 0 Å². The van der Waals surface area contributed by atoms with Crippen molar-refractivity contribution in [1.82, 2.24) is 20.1 Å². The van der Waals surface area contributed by atoms with Gasteiger partial charge in [0.2, 0.25) is 5.82 Å². The summed E-state index contributed by atoms with van der Waals surface area (Å²) in [6, 6.07) is 0. The Balaban J connectivity index is 1.85. The number of H-pyrrole nitrogens is 1. The molecule has 1 heterocycles. The quantitative estimate of drug-likeness (QED) is 0.766. The van der Waals surface area contributed by atoms with Gasteiger partial charge in [0.15, 0.2) is 0 Å². The van der Waals surface area contributed by atoms with Crippen molar-refractivity contribution >= 4 is 11.9 Å². The van der Waals surface area contributed by atoms with Gasteiger partial charge in [-0.2, -0.15) is 0 Å². The summed E-state index contributed by atoms with van der Waals surface area (Å²) in [5, 5.41) is 6.71. The van der Waals surface area contributed by atoms with E-state index in [0.717, 1.165) is 18.7 Å². The molecule has 19 heavy (non-hydrogen) atoms. The second-order valence-corrected chi connectivity index (χ2v) is 4.60. The Hall–Kier alpha value is -1.92. The summed E-state index contributed by atoms with van der Waals surface area (Å²) in [6.07, 6.45) is 2.37. The molecular formula is C12H18N4O3. The number of carbonyl (C=O) groups excluding carboxylic acids is 2. The predicted molar refractivity (Wildman–Crippen MR) is 66.6 cm³/mol. The van der Waals surface area contributed by atoms with Gasteiger partial charge in [-0.1, -0.05) is 0 Å². The zero-order valence-corrected chi connectivity index (χ0v) is 11.2. The van der Waals surface area contributed by atoms with E-state index >= 15 is 0 Å². The number of hydrogen-bond donors (Lipinski definition) is 1. The van der Waals surface area contributed by atoms with Gasteiger partial charge in [0, 0.05) is 19.5 Å². The molecule has 1 N–H and O–H groups in total. The lowest BCUT2D eigenvalue weighted by Gasteiger charge is -2.14. The molecule has 1 aliphatic carbocycles. The van der Waals surface area contributed by atoms with Crippen LogP contribution in [0.25, 0.3) is 0 Å². The van der Waals surface area contributed by atoms with E-state index in [9.17, 15) is 9.59 Å². The minimum absolute atomic E-state index is 0.160. The third kappa shape index (κ3) is 3.52. The van der Waals surface area contributed by atoms with Gasteiger partial charge in [0.1, 0.15) is 5.82 Å². The number of ether oxygens (including phenoxy) is 1. The Morgan fingerprint density at radius 1 is 1.47 bits per heavy atom. The Kier molecular flexibility index (Phi) is 4.13. The highest BCUT2D eigenvalue weighted by atomic mass is 16.5. The molecule has 0 bridgehead atoms. The number of carbonyl (C=O) groups is 2. The number of rotatable bonds is 6. The highest BCUT2D eigenvalue weighted by Crippen LogP contribution is 2.37. The molecule has 2 rings (SSSR count). The first kappa shape index (κ1) is 13.5. The molecular weight excluding hydrogens is 248 g/mol. The lowest BCUT2D eigenvalue weighted by molar-refractivity contribution is -0.143. The molecule has 1 aromatic heterocycles. The molecule has 1 aliphatic rings. The van der Waals surface area contributed by atoms with Gasteiger partial charge < -0.3 is 9.64 Å². The minimum Gasteiger partial charge on any atom is -0.466 e. The van der Waals surface area contributed by atoms with E-state index in [-0.39, 0.29) is 24.1 Å². The molecule has 0 spiro atoms. The second kappa shape index (κ2) is 5.81. The van der Waals surface area contributed by atoms with Crippen LogP contribution in [0.2, 0.25) is 0 Å². The molecule has 1 fully saturated rings. The third-order valence-electron chi connectivity index (χ3n) is 2.96. The molecule has 0 saturated heterocycles. The average Bonchev–Trinajstić information content (AvgIpc) is 3.13. The highest BCUT2D eigenvalue weighted by molar-refractivity contribution is 5.90. The standard InChI is InChI=1S/C12H18N4O3/c1-3-19-9(17)6-7-16(2)12(18)11-13-10(14-15-11)8-4-5-8/h8H,3-7H2,1-2H3,(H,13,14,15). The van der Waals surface area contributed by atoms with Crippen LogP contribution in [-0.4, -0.2) is 52.2 Å². The van der Waals surface area contributed by atoms with Crippen LogP contribution < -0.4 is 0 Å².